The normalized spacial score (nSPS) is 13.3. The molecule has 3 rings (SSSR count). The first-order valence-corrected chi connectivity index (χ1v) is 6.91. The van der Waals surface area contributed by atoms with Gasteiger partial charge in [-0.15, -0.1) is 0 Å². The quantitative estimate of drug-likeness (QED) is 0.862. The fourth-order valence-electron chi connectivity index (χ4n) is 1.75. The lowest BCUT2D eigenvalue weighted by Crippen LogP contribution is -2.15. The molecular weight excluding hydrogens is 284 g/mol. The average molecular weight is 295 g/mol. The molecular formula is C13H11ClN2O2S. The Morgan fingerprint density at radius 3 is 2.68 bits per heavy atom. The molecule has 98 valence electrons. The van der Waals surface area contributed by atoms with E-state index < -0.39 is 0 Å². The molecule has 2 aromatic rings. The summed E-state index contributed by atoms with van der Waals surface area (Å²) in [6.07, 6.45) is 0. The van der Waals surface area contributed by atoms with Crippen molar-refractivity contribution in [2.24, 2.45) is 0 Å². The van der Waals surface area contributed by atoms with Crippen molar-refractivity contribution in [2.45, 2.75) is 9.92 Å². The zero-order chi connectivity index (χ0) is 13.2. The van der Waals surface area contributed by atoms with Crippen molar-refractivity contribution < 1.29 is 9.47 Å². The van der Waals surface area contributed by atoms with E-state index in [0.29, 0.717) is 24.1 Å². The SMILES string of the molecule is Nc1cc(Cl)nc(Sc2ccc3c(c2)OCCO3)c1. The molecule has 0 unspecified atom stereocenters. The molecule has 0 fully saturated rings. The minimum atomic E-state index is 0.389. The molecule has 1 aliphatic rings. The number of rotatable bonds is 2. The summed E-state index contributed by atoms with van der Waals surface area (Å²) in [6.45, 7) is 1.16. The summed E-state index contributed by atoms with van der Waals surface area (Å²) in [7, 11) is 0. The largest absolute Gasteiger partial charge is 0.486 e. The zero-order valence-electron chi connectivity index (χ0n) is 9.93. The van der Waals surface area contributed by atoms with E-state index in [2.05, 4.69) is 4.98 Å². The maximum Gasteiger partial charge on any atom is 0.162 e. The third kappa shape index (κ3) is 2.88. The van der Waals surface area contributed by atoms with Gasteiger partial charge in [0.2, 0.25) is 0 Å². The number of fused-ring (bicyclic) bond motifs is 1. The van der Waals surface area contributed by atoms with Gasteiger partial charge in [0.25, 0.3) is 0 Å². The van der Waals surface area contributed by atoms with Crippen LogP contribution in [0, 0.1) is 0 Å². The molecule has 0 saturated heterocycles. The van der Waals surface area contributed by atoms with Gasteiger partial charge in [0, 0.05) is 10.6 Å². The fraction of sp³-hybridized carbons (Fsp3) is 0.154. The first-order chi connectivity index (χ1) is 9.20. The number of ether oxygens (including phenoxy) is 2. The van der Waals surface area contributed by atoms with Crippen molar-refractivity contribution in [2.75, 3.05) is 18.9 Å². The molecule has 0 aliphatic carbocycles. The Bertz CT molecular complexity index is 601. The summed E-state index contributed by atoms with van der Waals surface area (Å²) in [5.74, 6) is 1.53. The molecule has 0 spiro atoms. The zero-order valence-corrected chi connectivity index (χ0v) is 11.5. The third-order valence-corrected chi connectivity index (χ3v) is 3.63. The topological polar surface area (TPSA) is 57.4 Å². The van der Waals surface area contributed by atoms with Crippen LogP contribution >= 0.6 is 23.4 Å². The number of benzene rings is 1. The summed E-state index contributed by atoms with van der Waals surface area (Å²) < 4.78 is 11.0. The lowest BCUT2D eigenvalue weighted by Gasteiger charge is -2.18. The van der Waals surface area contributed by atoms with Gasteiger partial charge >= 0.3 is 0 Å². The van der Waals surface area contributed by atoms with Crippen LogP contribution in [0.1, 0.15) is 0 Å². The summed E-state index contributed by atoms with van der Waals surface area (Å²) >= 11 is 7.36. The summed E-state index contributed by atoms with van der Waals surface area (Å²) in [6, 6.07) is 9.18. The molecule has 6 heteroatoms. The van der Waals surface area contributed by atoms with Gasteiger partial charge in [-0.3, -0.25) is 0 Å². The monoisotopic (exact) mass is 294 g/mol. The van der Waals surface area contributed by atoms with E-state index in [0.717, 1.165) is 21.4 Å². The van der Waals surface area contributed by atoms with E-state index in [9.17, 15) is 0 Å². The molecule has 1 aliphatic heterocycles. The fourth-order valence-corrected chi connectivity index (χ4v) is 2.90. The van der Waals surface area contributed by atoms with Gasteiger partial charge in [0.05, 0.1) is 0 Å². The van der Waals surface area contributed by atoms with Crippen LogP contribution in [0.15, 0.2) is 40.3 Å². The number of pyridine rings is 1. The van der Waals surface area contributed by atoms with E-state index in [4.69, 9.17) is 26.8 Å². The molecule has 19 heavy (non-hydrogen) atoms. The van der Waals surface area contributed by atoms with Crippen LogP contribution in [0.25, 0.3) is 0 Å². The highest BCUT2D eigenvalue weighted by atomic mass is 35.5. The van der Waals surface area contributed by atoms with Crippen LogP contribution in [-0.4, -0.2) is 18.2 Å². The molecule has 0 saturated carbocycles. The van der Waals surface area contributed by atoms with E-state index in [-0.39, 0.29) is 0 Å². The van der Waals surface area contributed by atoms with Crippen molar-refractivity contribution in [1.29, 1.82) is 0 Å². The molecule has 0 bridgehead atoms. The van der Waals surface area contributed by atoms with Gasteiger partial charge in [-0.2, -0.15) is 0 Å². The van der Waals surface area contributed by atoms with Gasteiger partial charge in [-0.05, 0) is 30.3 Å². The lowest BCUT2D eigenvalue weighted by molar-refractivity contribution is 0.171. The van der Waals surface area contributed by atoms with Crippen molar-refractivity contribution in [3.05, 3.63) is 35.5 Å². The highest BCUT2D eigenvalue weighted by Gasteiger charge is 2.12. The highest BCUT2D eigenvalue weighted by molar-refractivity contribution is 7.99. The number of nitrogens with zero attached hydrogens (tertiary/aromatic N) is 1. The van der Waals surface area contributed by atoms with Crippen LogP contribution in [0.2, 0.25) is 5.15 Å². The van der Waals surface area contributed by atoms with Crippen LogP contribution in [0.3, 0.4) is 0 Å². The average Bonchev–Trinajstić information content (AvgIpc) is 2.37. The van der Waals surface area contributed by atoms with E-state index in [1.807, 2.05) is 18.2 Å². The second-order valence-electron chi connectivity index (χ2n) is 3.97. The Morgan fingerprint density at radius 2 is 1.89 bits per heavy atom. The predicted octanol–water partition coefficient (Wildman–Crippen LogP) is 3.24. The van der Waals surface area contributed by atoms with Crippen LogP contribution in [-0.2, 0) is 0 Å². The standard InChI is InChI=1S/C13H11ClN2O2S/c14-12-5-8(15)6-13(16-12)19-9-1-2-10-11(7-9)18-4-3-17-10/h1-2,5-7H,3-4H2,(H2,15,16). The molecule has 2 heterocycles. The lowest BCUT2D eigenvalue weighted by atomic mass is 10.3. The molecule has 0 radical (unpaired) electrons. The third-order valence-electron chi connectivity index (χ3n) is 2.53. The van der Waals surface area contributed by atoms with Gasteiger partial charge in [-0.1, -0.05) is 23.4 Å². The van der Waals surface area contributed by atoms with Gasteiger partial charge in [0.15, 0.2) is 11.5 Å². The maximum atomic E-state index is 5.88. The molecule has 0 amide bonds. The predicted molar refractivity (Wildman–Crippen MR) is 75.2 cm³/mol. The highest BCUT2D eigenvalue weighted by Crippen LogP contribution is 2.36. The summed E-state index contributed by atoms with van der Waals surface area (Å²) in [5, 5.41) is 1.14. The van der Waals surface area contributed by atoms with E-state index in [1.54, 1.807) is 12.1 Å². The van der Waals surface area contributed by atoms with Crippen molar-refractivity contribution in [3.63, 3.8) is 0 Å². The van der Waals surface area contributed by atoms with Crippen molar-refractivity contribution in [3.8, 4) is 11.5 Å². The Labute approximate surface area is 119 Å². The first-order valence-electron chi connectivity index (χ1n) is 5.71. The molecule has 2 N–H and O–H groups in total. The van der Waals surface area contributed by atoms with Gasteiger partial charge in [0.1, 0.15) is 23.4 Å². The minimum absolute atomic E-state index is 0.389. The van der Waals surface area contributed by atoms with Crippen LogP contribution in [0.5, 0.6) is 11.5 Å². The molecule has 1 aromatic carbocycles. The van der Waals surface area contributed by atoms with Crippen molar-refractivity contribution >= 4 is 29.1 Å². The smallest absolute Gasteiger partial charge is 0.162 e. The van der Waals surface area contributed by atoms with Gasteiger partial charge < -0.3 is 15.2 Å². The number of nitrogens with two attached hydrogens (primary N) is 1. The number of halogens is 1. The second kappa shape index (κ2) is 5.19. The van der Waals surface area contributed by atoms with Crippen LogP contribution in [0.4, 0.5) is 5.69 Å². The number of aromatic nitrogens is 1. The Balaban J connectivity index is 1.86. The van der Waals surface area contributed by atoms with E-state index >= 15 is 0 Å². The van der Waals surface area contributed by atoms with Crippen molar-refractivity contribution in [1.82, 2.24) is 4.98 Å². The maximum absolute atomic E-state index is 5.88. The van der Waals surface area contributed by atoms with E-state index in [1.165, 1.54) is 11.8 Å². The Morgan fingerprint density at radius 1 is 1.11 bits per heavy atom. The molecule has 0 atom stereocenters. The molecule has 4 nitrogen and oxygen atoms in total. The first kappa shape index (κ1) is 12.4. The minimum Gasteiger partial charge on any atom is -0.486 e. The summed E-state index contributed by atoms with van der Waals surface area (Å²) in [4.78, 5) is 5.22. The molecule has 1 aromatic heterocycles. The Hall–Kier alpha value is -1.59. The Kier molecular flexibility index (Phi) is 3.40. The second-order valence-corrected chi connectivity index (χ2v) is 5.45. The number of hydrogen-bond acceptors (Lipinski definition) is 5. The number of nitrogen functional groups attached to an aromatic ring is 1. The summed E-state index contributed by atoms with van der Waals surface area (Å²) in [5.41, 5.74) is 6.34. The number of hydrogen-bond donors (Lipinski definition) is 1. The van der Waals surface area contributed by atoms with Crippen LogP contribution < -0.4 is 15.2 Å². The number of anilines is 1. The van der Waals surface area contributed by atoms with Gasteiger partial charge in [-0.25, -0.2) is 4.98 Å².